The van der Waals surface area contributed by atoms with Gasteiger partial charge in [0.2, 0.25) is 0 Å². The zero-order valence-electron chi connectivity index (χ0n) is 6.74. The van der Waals surface area contributed by atoms with Gasteiger partial charge >= 0.3 is 0 Å². The van der Waals surface area contributed by atoms with Crippen LogP contribution < -0.4 is 5.73 Å². The molecule has 0 bridgehead atoms. The lowest BCUT2D eigenvalue weighted by Gasteiger charge is -2.30. The Balaban J connectivity index is 2.07. The van der Waals surface area contributed by atoms with Gasteiger partial charge in [-0.3, -0.25) is 0 Å². The molecule has 53 valence electrons. The number of hydrogen-bond acceptors (Lipinski definition) is 2. The number of nitrogens with zero attached hydrogens (tertiary/aromatic N) is 1. The van der Waals surface area contributed by atoms with Crippen LogP contribution in [0, 0.1) is 0 Å². The van der Waals surface area contributed by atoms with Crippen LogP contribution in [0.25, 0.3) is 0 Å². The molecule has 0 aromatic heterocycles. The Morgan fingerprint density at radius 1 is 1.36 bits per heavy atom. The predicted molar refractivity (Wildman–Crippen MR) is 51.8 cm³/mol. The lowest BCUT2D eigenvalue weighted by Crippen LogP contribution is -2.44. The minimum Gasteiger partial charge on any atom is -0.356 e. The van der Waals surface area contributed by atoms with Crippen molar-refractivity contribution in [2.24, 2.45) is 5.73 Å². The monoisotopic (exact) mass is 143 g/mol. The molecule has 5 radical (unpaired) electrons. The van der Waals surface area contributed by atoms with Gasteiger partial charge in [-0.25, -0.2) is 0 Å². The standard InChI is InChI=1S/C5H11B4N2/c6-7-8-9-11-3-1-5(10)2-4-11/h5H,1-4,10H2. The SMILES string of the molecule is [B][B][B][B]N1CCC(N)CC1. The molecule has 2 nitrogen and oxygen atoms in total. The second kappa shape index (κ2) is 4.94. The van der Waals surface area contributed by atoms with Gasteiger partial charge in [0.15, 0.2) is 0 Å². The molecule has 0 spiro atoms. The van der Waals surface area contributed by atoms with Crippen molar-refractivity contribution in [1.29, 1.82) is 0 Å². The molecular formula is C5H11B4N2. The van der Waals surface area contributed by atoms with Gasteiger partial charge in [-0.05, 0) is 25.9 Å². The predicted octanol–water partition coefficient (Wildman–Crippen LogP) is -1.65. The summed E-state index contributed by atoms with van der Waals surface area (Å²) in [6.07, 6.45) is 2.18. The van der Waals surface area contributed by atoms with Crippen LogP contribution in [0.1, 0.15) is 12.8 Å². The van der Waals surface area contributed by atoms with Crippen molar-refractivity contribution < 1.29 is 0 Å². The molecule has 0 aliphatic carbocycles. The summed E-state index contributed by atoms with van der Waals surface area (Å²) in [7, 11) is 10.6. The highest BCUT2D eigenvalue weighted by Crippen LogP contribution is 2.05. The van der Waals surface area contributed by atoms with Crippen LogP contribution in [0.2, 0.25) is 0 Å². The van der Waals surface area contributed by atoms with E-state index in [4.69, 9.17) is 13.5 Å². The number of nitrogens with two attached hydrogens (primary N) is 1. The van der Waals surface area contributed by atoms with Crippen LogP contribution >= 0.6 is 0 Å². The van der Waals surface area contributed by atoms with Gasteiger partial charge < -0.3 is 10.5 Å². The van der Waals surface area contributed by atoms with E-state index in [0.717, 1.165) is 25.9 Å². The van der Waals surface area contributed by atoms with Crippen molar-refractivity contribution >= 4 is 29.2 Å². The molecule has 6 heteroatoms. The topological polar surface area (TPSA) is 29.3 Å². The molecule has 1 aliphatic heterocycles. The highest BCUT2D eigenvalue weighted by Gasteiger charge is 2.14. The van der Waals surface area contributed by atoms with Gasteiger partial charge in [0.25, 0.3) is 0 Å². The molecule has 1 heterocycles. The van der Waals surface area contributed by atoms with E-state index >= 15 is 0 Å². The first-order valence-corrected chi connectivity index (χ1v) is 4.04. The van der Waals surface area contributed by atoms with E-state index in [-0.39, 0.29) is 0 Å². The first-order chi connectivity index (χ1) is 5.33. The molecule has 2 N–H and O–H groups in total. The summed E-state index contributed by atoms with van der Waals surface area (Å²) in [4.78, 5) is 2.24. The Morgan fingerprint density at radius 2 is 2.00 bits per heavy atom. The van der Waals surface area contributed by atoms with E-state index in [1.165, 1.54) is 0 Å². The van der Waals surface area contributed by atoms with Crippen molar-refractivity contribution in [3.8, 4) is 0 Å². The normalized spacial score (nSPS) is 21.2. The lowest BCUT2D eigenvalue weighted by molar-refractivity contribution is 0.333. The zero-order valence-corrected chi connectivity index (χ0v) is 6.74. The molecule has 11 heavy (non-hydrogen) atoms. The van der Waals surface area contributed by atoms with Crippen molar-refractivity contribution in [2.75, 3.05) is 13.1 Å². The first kappa shape index (κ1) is 9.27. The average molecular weight is 142 g/mol. The van der Waals surface area contributed by atoms with Gasteiger partial charge in [0.1, 0.15) is 7.31 Å². The molecule has 0 unspecified atom stereocenters. The highest BCUT2D eigenvalue weighted by atomic mass is 15.0. The Bertz CT molecular complexity index is 102. The number of hydrogen-bond donors (Lipinski definition) is 1. The summed E-state index contributed by atoms with van der Waals surface area (Å²) >= 11 is 0. The smallest absolute Gasteiger partial charge is 0.148 e. The van der Waals surface area contributed by atoms with Gasteiger partial charge in [-0.15, -0.1) is 0 Å². The minimum atomic E-state index is 0.404. The van der Waals surface area contributed by atoms with Crippen LogP contribution in [0.5, 0.6) is 0 Å². The van der Waals surface area contributed by atoms with Gasteiger partial charge in [-0.1, -0.05) is 0 Å². The maximum absolute atomic E-state index is 5.74. The Morgan fingerprint density at radius 3 is 2.55 bits per heavy atom. The van der Waals surface area contributed by atoms with Crippen LogP contribution in [0.4, 0.5) is 0 Å². The molecule has 0 aromatic rings. The minimum absolute atomic E-state index is 0.404. The number of piperidine rings is 1. The first-order valence-electron chi connectivity index (χ1n) is 4.04. The van der Waals surface area contributed by atoms with E-state index < -0.39 is 0 Å². The second-order valence-electron chi connectivity index (χ2n) is 2.91. The molecule has 1 fully saturated rings. The molecule has 1 aliphatic rings. The van der Waals surface area contributed by atoms with E-state index in [1.807, 2.05) is 14.4 Å². The molecule has 0 aromatic carbocycles. The Hall–Kier alpha value is 0.180. The quantitative estimate of drug-likeness (QED) is 0.479. The second-order valence-corrected chi connectivity index (χ2v) is 2.91. The van der Waals surface area contributed by atoms with Crippen molar-refractivity contribution in [1.82, 2.24) is 4.81 Å². The molecule has 0 saturated carbocycles. The third kappa shape index (κ3) is 3.39. The van der Waals surface area contributed by atoms with E-state index in [2.05, 4.69) is 4.81 Å². The van der Waals surface area contributed by atoms with Gasteiger partial charge in [0.05, 0.1) is 0 Å². The van der Waals surface area contributed by atoms with E-state index in [1.54, 1.807) is 7.06 Å². The fourth-order valence-electron chi connectivity index (χ4n) is 1.24. The van der Waals surface area contributed by atoms with Crippen molar-refractivity contribution in [3.05, 3.63) is 0 Å². The number of rotatable bonds is 3. The molecule has 0 amide bonds. The van der Waals surface area contributed by atoms with Crippen LogP contribution in [-0.4, -0.2) is 53.1 Å². The summed E-state index contributed by atoms with van der Waals surface area (Å²) < 4.78 is 0. The third-order valence-electron chi connectivity index (χ3n) is 1.98. The Labute approximate surface area is 72.4 Å². The molecular weight excluding hydrogens is 131 g/mol. The maximum Gasteiger partial charge on any atom is 0.148 e. The van der Waals surface area contributed by atoms with Crippen LogP contribution in [-0.2, 0) is 0 Å². The highest BCUT2D eigenvalue weighted by molar-refractivity contribution is 7.40. The van der Waals surface area contributed by atoms with Crippen molar-refractivity contribution in [2.45, 2.75) is 18.9 Å². The molecule has 1 rings (SSSR count). The van der Waals surface area contributed by atoms with E-state index in [9.17, 15) is 0 Å². The summed E-state index contributed by atoms with van der Waals surface area (Å²) in [5, 5.41) is 0. The Kier molecular flexibility index (Phi) is 4.16. The lowest BCUT2D eigenvalue weighted by atomic mass is 9.15. The van der Waals surface area contributed by atoms with Crippen molar-refractivity contribution in [3.63, 3.8) is 0 Å². The zero-order chi connectivity index (χ0) is 8.10. The molecule has 0 atom stereocenters. The van der Waals surface area contributed by atoms with Crippen LogP contribution in [0.3, 0.4) is 0 Å². The largest absolute Gasteiger partial charge is 0.356 e. The summed E-state index contributed by atoms with van der Waals surface area (Å²) in [5.41, 5.74) is 5.74. The fraction of sp³-hybridized carbons (Fsp3) is 1.00. The third-order valence-corrected chi connectivity index (χ3v) is 1.98. The van der Waals surface area contributed by atoms with Gasteiger partial charge in [0, 0.05) is 27.9 Å². The summed E-state index contributed by atoms with van der Waals surface area (Å²) in [6.45, 7) is 2.12. The fourth-order valence-corrected chi connectivity index (χ4v) is 1.24. The summed E-state index contributed by atoms with van der Waals surface area (Å²) in [5.74, 6) is 0. The van der Waals surface area contributed by atoms with Crippen LogP contribution in [0.15, 0.2) is 0 Å². The molecule has 1 saturated heterocycles. The summed E-state index contributed by atoms with van der Waals surface area (Å²) in [6, 6.07) is 0.404. The maximum atomic E-state index is 5.74. The average Bonchev–Trinajstić information content (AvgIpc) is 2.04. The van der Waals surface area contributed by atoms with E-state index in [0.29, 0.717) is 6.04 Å². The van der Waals surface area contributed by atoms with Gasteiger partial charge in [-0.2, -0.15) is 0 Å².